The fourth-order valence-corrected chi connectivity index (χ4v) is 3.29. The molecule has 2 atom stereocenters. The van der Waals surface area contributed by atoms with Crippen LogP contribution in [-0.2, 0) is 16.0 Å². The van der Waals surface area contributed by atoms with Gasteiger partial charge in [0.2, 0.25) is 5.91 Å². The molecule has 1 aromatic rings. The van der Waals surface area contributed by atoms with E-state index in [2.05, 4.69) is 48.4 Å². The number of amides is 1. The van der Waals surface area contributed by atoms with E-state index in [1.165, 1.54) is 5.57 Å². The molecule has 1 aliphatic heterocycles. The van der Waals surface area contributed by atoms with Crippen LogP contribution in [0.1, 0.15) is 24.5 Å². The minimum Gasteiger partial charge on any atom is -0.541 e. The molecule has 31 heavy (non-hydrogen) atoms. The largest absolute Gasteiger partial charge is 1.00 e. The molecule has 1 N–H and O–H groups in total. The zero-order valence-corrected chi connectivity index (χ0v) is 18.4. The van der Waals surface area contributed by atoms with Gasteiger partial charge in [0.05, 0.1) is 17.7 Å². The maximum absolute atomic E-state index is 11.9. The Hall–Kier alpha value is -2.37. The van der Waals surface area contributed by atoms with Gasteiger partial charge in [0.15, 0.2) is 0 Å². The Labute approximate surface area is 198 Å². The predicted molar refractivity (Wildman–Crippen MR) is 119 cm³/mol. The number of fused-ring (bicyclic) bond motifs is 1. The van der Waals surface area contributed by atoms with Gasteiger partial charge in [-0.25, -0.2) is 0 Å². The van der Waals surface area contributed by atoms with Crippen LogP contribution in [0.5, 0.6) is 0 Å². The number of benzene rings is 1. The van der Waals surface area contributed by atoms with Crippen molar-refractivity contribution in [2.75, 3.05) is 19.6 Å². The molecule has 5 nitrogen and oxygen atoms in total. The van der Waals surface area contributed by atoms with Crippen molar-refractivity contribution in [1.82, 2.24) is 10.2 Å². The number of carbonyl (C=O) groups is 1. The van der Waals surface area contributed by atoms with Crippen molar-refractivity contribution in [1.29, 1.82) is 5.26 Å². The zero-order chi connectivity index (χ0) is 21.9. The number of hydrogen-bond acceptors (Lipinski definition) is 4. The van der Waals surface area contributed by atoms with Gasteiger partial charge in [-0.3, -0.25) is 11.1 Å². The Morgan fingerprint density at radius 1 is 1.19 bits per heavy atom. The van der Waals surface area contributed by atoms with E-state index in [0.717, 1.165) is 37.2 Å². The topological polar surface area (TPSA) is 73.2 Å². The molecule has 0 saturated heterocycles. The van der Waals surface area contributed by atoms with Gasteiger partial charge >= 0.3 is 18.9 Å². The van der Waals surface area contributed by atoms with Crippen molar-refractivity contribution in [2.24, 2.45) is 5.92 Å². The molecular formula is C25H28LiN3O2-2. The molecule has 0 saturated carbocycles. The Bertz CT molecular complexity index is 862. The van der Waals surface area contributed by atoms with Crippen molar-refractivity contribution in [3.8, 4) is 6.07 Å². The number of nitrogens with one attached hydrogen (secondary N) is 1. The van der Waals surface area contributed by atoms with E-state index in [1.807, 2.05) is 13.0 Å². The van der Waals surface area contributed by atoms with Crippen molar-refractivity contribution >= 4 is 12.2 Å². The van der Waals surface area contributed by atoms with Crippen LogP contribution >= 0.6 is 0 Å². The second kappa shape index (κ2) is 13.8. The fraction of sp³-hybridized carbons (Fsp3) is 0.320. The van der Waals surface area contributed by atoms with Gasteiger partial charge in [0.25, 0.3) is 0 Å². The summed E-state index contributed by atoms with van der Waals surface area (Å²) in [4.78, 5) is 24.0. The third-order valence-corrected chi connectivity index (χ3v) is 5.10. The van der Waals surface area contributed by atoms with Crippen LogP contribution in [-0.4, -0.2) is 42.8 Å². The first-order valence-electron chi connectivity index (χ1n) is 10.1. The standard InChI is InChI=1S/C16H22N2O.C9H6NO.Li/c1-4-13-10-14-8-7-12(11-18(5-2)6-3)9-15(14)17-16(13)19;10-7-9-3-1-8(2-4-9)5-6-11;/h7-10,14-15H,2-6,11H2,1H3,(H,17,19);1-4H,5H2;/q-2;-1;+1. The molecule has 0 radical (unpaired) electrons. The first kappa shape index (κ1) is 26.7. The number of nitrogens with zero attached hydrogens (tertiary/aromatic N) is 2. The van der Waals surface area contributed by atoms with E-state index in [9.17, 15) is 9.59 Å². The number of rotatable bonds is 7. The van der Waals surface area contributed by atoms with Gasteiger partial charge in [-0.1, -0.05) is 48.9 Å². The van der Waals surface area contributed by atoms with Gasteiger partial charge in [0.1, 0.15) is 0 Å². The number of nitriles is 1. The maximum atomic E-state index is 11.9. The van der Waals surface area contributed by atoms with Crippen LogP contribution < -0.4 is 24.2 Å². The number of carbonyl (C=O) groups excluding carboxylic acids is 2. The van der Waals surface area contributed by atoms with Crippen LogP contribution in [0, 0.1) is 31.1 Å². The third kappa shape index (κ3) is 8.00. The Morgan fingerprint density at radius 2 is 1.87 bits per heavy atom. The fourth-order valence-electron chi connectivity index (χ4n) is 3.29. The molecule has 3 rings (SSSR count). The van der Waals surface area contributed by atoms with Gasteiger partial charge in [0, 0.05) is 18.0 Å². The minimum absolute atomic E-state index is 0. The van der Waals surface area contributed by atoms with E-state index in [-0.39, 0.29) is 30.8 Å². The summed E-state index contributed by atoms with van der Waals surface area (Å²) in [5.74, 6) is 0.366. The van der Waals surface area contributed by atoms with Gasteiger partial charge in [-0.05, 0) is 24.1 Å². The molecular weight excluding hydrogens is 381 g/mol. The zero-order valence-electron chi connectivity index (χ0n) is 18.4. The van der Waals surface area contributed by atoms with Crippen molar-refractivity contribution in [3.05, 3.63) is 84.7 Å². The number of hydrogen-bond donors (Lipinski definition) is 1. The van der Waals surface area contributed by atoms with E-state index in [4.69, 9.17) is 5.26 Å². The molecule has 1 aliphatic carbocycles. The molecule has 0 aromatic heterocycles. The SMILES string of the molecule is N#Cc1ccc(C[C-]=O)cc1.[CH2-]CN(C[CH2-])CC1=CC2NC(=O)C(CC)=CC2C=C1.[Li+]. The normalized spacial score (nSPS) is 18.9. The summed E-state index contributed by atoms with van der Waals surface area (Å²) in [5, 5.41) is 11.5. The average Bonchev–Trinajstić information content (AvgIpc) is 2.78. The monoisotopic (exact) mass is 409 g/mol. The summed E-state index contributed by atoms with van der Waals surface area (Å²) in [6.07, 6.45) is 11.5. The Kier molecular flexibility index (Phi) is 11.9. The van der Waals surface area contributed by atoms with E-state index < -0.39 is 0 Å². The van der Waals surface area contributed by atoms with Crippen LogP contribution in [0.3, 0.4) is 0 Å². The first-order valence-corrected chi connectivity index (χ1v) is 10.1. The van der Waals surface area contributed by atoms with E-state index >= 15 is 0 Å². The summed E-state index contributed by atoms with van der Waals surface area (Å²) in [6.45, 7) is 12.1. The molecule has 1 amide bonds. The first-order chi connectivity index (χ1) is 14.5. The van der Waals surface area contributed by atoms with Crippen molar-refractivity contribution in [2.45, 2.75) is 25.8 Å². The minimum atomic E-state index is 0. The second-order valence-corrected chi connectivity index (χ2v) is 7.13. The smallest absolute Gasteiger partial charge is 0.541 e. The second-order valence-electron chi connectivity index (χ2n) is 7.13. The molecule has 6 heteroatoms. The Balaban J connectivity index is 0.000000344. The quantitative estimate of drug-likeness (QED) is 0.513. The van der Waals surface area contributed by atoms with Gasteiger partial charge in [-0.2, -0.15) is 5.26 Å². The third-order valence-electron chi connectivity index (χ3n) is 5.10. The van der Waals surface area contributed by atoms with E-state index in [0.29, 0.717) is 17.9 Å². The van der Waals surface area contributed by atoms with Crippen molar-refractivity contribution in [3.63, 3.8) is 0 Å². The predicted octanol–water partition coefficient (Wildman–Crippen LogP) is 0.118. The van der Waals surface area contributed by atoms with Gasteiger partial charge in [-0.15, -0.1) is 19.5 Å². The summed E-state index contributed by atoms with van der Waals surface area (Å²) >= 11 is 0. The summed E-state index contributed by atoms with van der Waals surface area (Å²) < 4.78 is 0. The molecule has 0 fully saturated rings. The molecule has 158 valence electrons. The summed E-state index contributed by atoms with van der Waals surface area (Å²) in [6, 6.07) is 8.98. The van der Waals surface area contributed by atoms with Crippen LogP contribution in [0.15, 0.2) is 59.7 Å². The van der Waals surface area contributed by atoms with Gasteiger partial charge < -0.3 is 28.9 Å². The molecule has 0 spiro atoms. The molecule has 2 unspecified atom stereocenters. The van der Waals surface area contributed by atoms with Crippen LogP contribution in [0.4, 0.5) is 0 Å². The molecule has 1 aromatic carbocycles. The van der Waals surface area contributed by atoms with E-state index in [1.54, 1.807) is 30.6 Å². The summed E-state index contributed by atoms with van der Waals surface area (Å²) in [7, 11) is 0. The molecule has 2 aliphatic rings. The van der Waals surface area contributed by atoms with Crippen molar-refractivity contribution < 1.29 is 28.4 Å². The Morgan fingerprint density at radius 3 is 2.42 bits per heavy atom. The average molecular weight is 409 g/mol. The maximum Gasteiger partial charge on any atom is 1.00 e. The van der Waals surface area contributed by atoms with Crippen LogP contribution in [0.2, 0.25) is 0 Å². The molecule has 0 bridgehead atoms. The summed E-state index contributed by atoms with van der Waals surface area (Å²) in [5.41, 5.74) is 3.61. The van der Waals surface area contributed by atoms with Crippen LogP contribution in [0.25, 0.3) is 0 Å². The molecule has 1 heterocycles.